The smallest absolute Gasteiger partial charge is 0.244 e. The average molecular weight is 403 g/mol. The Bertz CT molecular complexity index is 1010. The number of benzene rings is 3. The molecule has 0 N–H and O–H groups in total. The summed E-state index contributed by atoms with van der Waals surface area (Å²) in [6, 6.07) is 28.6. The fraction of sp³-hybridized carbons (Fsp3) is 0.240. The van der Waals surface area contributed by atoms with Crippen molar-refractivity contribution in [3.63, 3.8) is 0 Å². The average Bonchev–Trinajstić information content (AvgIpc) is 3.28. The molecule has 0 bridgehead atoms. The van der Waals surface area contributed by atoms with Crippen molar-refractivity contribution in [1.82, 2.24) is 4.90 Å². The molecule has 3 aromatic carbocycles. The third kappa shape index (κ3) is 3.35. The largest absolute Gasteiger partial charge is 0.311 e. The van der Waals surface area contributed by atoms with E-state index in [1.54, 1.807) is 0 Å². The number of halogens is 1. The van der Waals surface area contributed by atoms with Gasteiger partial charge >= 0.3 is 0 Å². The molecule has 2 aliphatic heterocycles. The topological polar surface area (TPSA) is 23.6 Å². The molecule has 0 aliphatic carbocycles. The van der Waals surface area contributed by atoms with E-state index in [0.717, 1.165) is 29.2 Å². The van der Waals surface area contributed by atoms with E-state index in [0.29, 0.717) is 12.5 Å². The van der Waals surface area contributed by atoms with E-state index in [9.17, 15) is 4.79 Å². The van der Waals surface area contributed by atoms with Crippen LogP contribution in [0.1, 0.15) is 23.6 Å². The normalized spacial score (nSPS) is 24.1. The van der Waals surface area contributed by atoms with E-state index >= 15 is 0 Å². The molecule has 5 rings (SSSR count). The Morgan fingerprint density at radius 3 is 2.24 bits per heavy atom. The Kier molecular flexibility index (Phi) is 4.86. The Balaban J connectivity index is 1.50. The first-order valence-corrected chi connectivity index (χ1v) is 10.5. The number of hydrogen-bond donors (Lipinski definition) is 0. The first kappa shape index (κ1) is 18.4. The van der Waals surface area contributed by atoms with Crippen molar-refractivity contribution < 1.29 is 4.79 Å². The number of fused-ring (bicyclic) bond motifs is 1. The lowest BCUT2D eigenvalue weighted by Crippen LogP contribution is -2.41. The minimum absolute atomic E-state index is 0.114. The molecule has 2 aliphatic rings. The van der Waals surface area contributed by atoms with Gasteiger partial charge in [-0.2, -0.15) is 0 Å². The molecule has 3 nitrogen and oxygen atoms in total. The second-order valence-corrected chi connectivity index (χ2v) is 8.32. The molecule has 146 valence electrons. The number of carbonyl (C=O) groups excluding carboxylic acids is 1. The second kappa shape index (κ2) is 7.66. The molecule has 0 spiro atoms. The Morgan fingerprint density at radius 1 is 0.862 bits per heavy atom. The number of amides is 1. The summed E-state index contributed by atoms with van der Waals surface area (Å²) in [7, 11) is 0. The summed E-state index contributed by atoms with van der Waals surface area (Å²) in [5.41, 5.74) is 3.33. The summed E-state index contributed by atoms with van der Waals surface area (Å²) in [6.07, 6.45) is 0.980. The highest BCUT2D eigenvalue weighted by molar-refractivity contribution is 6.31. The second-order valence-electron chi connectivity index (χ2n) is 7.92. The van der Waals surface area contributed by atoms with Crippen LogP contribution in [0.15, 0.2) is 84.9 Å². The van der Waals surface area contributed by atoms with Crippen LogP contribution in [-0.2, 0) is 11.3 Å². The van der Waals surface area contributed by atoms with Crippen LogP contribution in [0.3, 0.4) is 0 Å². The molecule has 3 atom stereocenters. The van der Waals surface area contributed by atoms with Crippen molar-refractivity contribution in [2.75, 3.05) is 11.4 Å². The number of carbonyl (C=O) groups is 1. The van der Waals surface area contributed by atoms with Gasteiger partial charge in [-0.3, -0.25) is 9.69 Å². The molecular formula is C25H23ClN2O. The molecule has 0 saturated carbocycles. The summed E-state index contributed by atoms with van der Waals surface area (Å²) in [6.45, 7) is 1.45. The van der Waals surface area contributed by atoms with Crippen LogP contribution in [0.5, 0.6) is 0 Å². The van der Waals surface area contributed by atoms with Crippen LogP contribution in [-0.4, -0.2) is 23.4 Å². The fourth-order valence-corrected chi connectivity index (χ4v) is 5.09. The summed E-state index contributed by atoms with van der Waals surface area (Å²) in [5, 5.41) is 0.758. The third-order valence-electron chi connectivity index (χ3n) is 6.23. The van der Waals surface area contributed by atoms with Crippen LogP contribution < -0.4 is 4.90 Å². The van der Waals surface area contributed by atoms with Crippen molar-refractivity contribution in [1.29, 1.82) is 0 Å². The zero-order valence-corrected chi connectivity index (χ0v) is 16.9. The van der Waals surface area contributed by atoms with E-state index in [1.165, 1.54) is 5.56 Å². The molecule has 0 radical (unpaired) electrons. The number of anilines is 1. The molecule has 0 aromatic heterocycles. The van der Waals surface area contributed by atoms with Crippen molar-refractivity contribution in [3.8, 4) is 0 Å². The number of rotatable bonds is 4. The first-order valence-electron chi connectivity index (χ1n) is 10.1. The summed E-state index contributed by atoms with van der Waals surface area (Å²) in [5.74, 6) is 0.516. The third-order valence-corrected chi connectivity index (χ3v) is 6.60. The Morgan fingerprint density at radius 2 is 1.52 bits per heavy atom. The van der Waals surface area contributed by atoms with Gasteiger partial charge in [-0.15, -0.1) is 0 Å². The van der Waals surface area contributed by atoms with E-state index < -0.39 is 0 Å². The van der Waals surface area contributed by atoms with E-state index in [4.69, 9.17) is 11.6 Å². The Labute approximate surface area is 176 Å². The number of hydrogen-bond acceptors (Lipinski definition) is 2. The summed E-state index contributed by atoms with van der Waals surface area (Å²) < 4.78 is 0. The number of likely N-dealkylation sites (tertiary alicyclic amines) is 1. The minimum atomic E-state index is -0.114. The summed E-state index contributed by atoms with van der Waals surface area (Å²) >= 11 is 6.48. The highest BCUT2D eigenvalue weighted by Crippen LogP contribution is 2.46. The standard InChI is InChI=1S/C25H23ClN2O/c26-22-14-8-7-11-19(22)16-28-23(18-9-3-1-4-10-18)15-20-17-27(25(29)24(20)28)21-12-5-2-6-13-21/h1-14,20,23-24H,15-17H2/t20-,23-,24-/m1/s1. The monoisotopic (exact) mass is 402 g/mol. The quantitative estimate of drug-likeness (QED) is 0.589. The maximum absolute atomic E-state index is 13.5. The van der Waals surface area contributed by atoms with Gasteiger partial charge in [0, 0.05) is 35.8 Å². The SMILES string of the molecule is O=C1[C@H]2[C@H](C[C@H](c3ccccc3)N2Cc2ccccc2Cl)CN1c1ccccc1. The molecule has 0 unspecified atom stereocenters. The highest BCUT2D eigenvalue weighted by Gasteiger charge is 2.52. The molecule has 1 amide bonds. The molecule has 3 aromatic rings. The lowest BCUT2D eigenvalue weighted by atomic mass is 9.98. The van der Waals surface area contributed by atoms with Crippen molar-refractivity contribution in [2.24, 2.45) is 5.92 Å². The van der Waals surface area contributed by atoms with Gasteiger partial charge in [0.1, 0.15) is 0 Å². The zero-order chi connectivity index (χ0) is 19.8. The number of nitrogens with zero attached hydrogens (tertiary/aromatic N) is 2. The van der Waals surface area contributed by atoms with Crippen LogP contribution in [0.25, 0.3) is 0 Å². The zero-order valence-electron chi connectivity index (χ0n) is 16.1. The maximum atomic E-state index is 13.5. The van der Waals surface area contributed by atoms with Gasteiger partial charge in [0.15, 0.2) is 0 Å². The molecule has 2 heterocycles. The van der Waals surface area contributed by atoms with Crippen LogP contribution in [0.2, 0.25) is 5.02 Å². The maximum Gasteiger partial charge on any atom is 0.244 e. The molecule has 29 heavy (non-hydrogen) atoms. The van der Waals surface area contributed by atoms with Gasteiger partial charge < -0.3 is 4.90 Å². The van der Waals surface area contributed by atoms with Gasteiger partial charge in [0.05, 0.1) is 6.04 Å². The van der Waals surface area contributed by atoms with Crippen molar-refractivity contribution in [2.45, 2.75) is 25.0 Å². The molecular weight excluding hydrogens is 380 g/mol. The first-order chi connectivity index (χ1) is 14.2. The van der Waals surface area contributed by atoms with Crippen molar-refractivity contribution in [3.05, 3.63) is 101 Å². The Hall–Kier alpha value is -2.62. The number of para-hydroxylation sites is 1. The van der Waals surface area contributed by atoms with Gasteiger partial charge in [0.25, 0.3) is 0 Å². The molecule has 4 heteroatoms. The fourth-order valence-electron chi connectivity index (χ4n) is 4.89. The van der Waals surface area contributed by atoms with E-state index in [2.05, 4.69) is 35.2 Å². The minimum Gasteiger partial charge on any atom is -0.311 e. The van der Waals surface area contributed by atoms with Gasteiger partial charge in [0.2, 0.25) is 5.91 Å². The molecule has 2 saturated heterocycles. The van der Waals surface area contributed by atoms with Gasteiger partial charge in [-0.25, -0.2) is 0 Å². The highest BCUT2D eigenvalue weighted by atomic mass is 35.5. The van der Waals surface area contributed by atoms with Crippen LogP contribution in [0, 0.1) is 5.92 Å². The summed E-state index contributed by atoms with van der Waals surface area (Å²) in [4.78, 5) is 17.8. The van der Waals surface area contributed by atoms with E-state index in [1.807, 2.05) is 59.5 Å². The van der Waals surface area contributed by atoms with Gasteiger partial charge in [-0.1, -0.05) is 78.3 Å². The van der Waals surface area contributed by atoms with Crippen LogP contribution in [0.4, 0.5) is 5.69 Å². The predicted octanol–water partition coefficient (Wildman–Crippen LogP) is 5.32. The lowest BCUT2D eigenvalue weighted by molar-refractivity contribution is -0.122. The van der Waals surface area contributed by atoms with Crippen molar-refractivity contribution >= 4 is 23.2 Å². The van der Waals surface area contributed by atoms with E-state index in [-0.39, 0.29) is 18.0 Å². The van der Waals surface area contributed by atoms with Crippen LogP contribution >= 0.6 is 11.6 Å². The lowest BCUT2D eigenvalue weighted by Gasteiger charge is -2.30. The predicted molar refractivity (Wildman–Crippen MR) is 117 cm³/mol. The van der Waals surface area contributed by atoms with Gasteiger partial charge in [-0.05, 0) is 35.7 Å². The molecule has 2 fully saturated rings.